The summed E-state index contributed by atoms with van der Waals surface area (Å²) in [4.78, 5) is 20.1. The minimum absolute atomic E-state index is 0.434. The van der Waals surface area contributed by atoms with Gasteiger partial charge in [-0.2, -0.15) is 0 Å². The van der Waals surface area contributed by atoms with Crippen LogP contribution < -0.4 is 0 Å². The molecule has 0 aliphatic heterocycles. The summed E-state index contributed by atoms with van der Waals surface area (Å²) in [7, 11) is 0. The number of carbonyl (C=O) groups is 1. The van der Waals surface area contributed by atoms with Crippen molar-refractivity contribution in [2.45, 2.75) is 34.1 Å². The SMILES string of the molecule is Cc1cccc(-c2nc(C)c(CC(C)C(=O)O)c(C)n2)c1. The van der Waals surface area contributed by atoms with Crippen LogP contribution in [0, 0.1) is 26.7 Å². The molecule has 0 bridgehead atoms. The smallest absolute Gasteiger partial charge is 0.306 e. The highest BCUT2D eigenvalue weighted by atomic mass is 16.4. The number of aromatic nitrogens is 2. The molecule has 0 spiro atoms. The van der Waals surface area contributed by atoms with Gasteiger partial charge in [-0.3, -0.25) is 4.79 Å². The molecule has 1 heterocycles. The zero-order chi connectivity index (χ0) is 15.6. The van der Waals surface area contributed by atoms with Gasteiger partial charge in [-0.25, -0.2) is 9.97 Å². The molecule has 0 saturated carbocycles. The van der Waals surface area contributed by atoms with E-state index in [2.05, 4.69) is 9.97 Å². The number of aliphatic carboxylic acids is 1. The first kappa shape index (κ1) is 15.2. The Morgan fingerprint density at radius 1 is 1.19 bits per heavy atom. The summed E-state index contributed by atoms with van der Waals surface area (Å²) in [5.41, 5.74) is 4.79. The van der Waals surface area contributed by atoms with Gasteiger partial charge in [0.25, 0.3) is 0 Å². The van der Waals surface area contributed by atoms with Crippen molar-refractivity contribution >= 4 is 5.97 Å². The molecule has 1 atom stereocenters. The largest absolute Gasteiger partial charge is 0.481 e. The summed E-state index contributed by atoms with van der Waals surface area (Å²) < 4.78 is 0. The molecule has 2 aromatic rings. The second-order valence-corrected chi connectivity index (χ2v) is 5.51. The topological polar surface area (TPSA) is 63.1 Å². The van der Waals surface area contributed by atoms with E-state index < -0.39 is 11.9 Å². The number of aryl methyl sites for hydroxylation is 3. The molecule has 0 radical (unpaired) electrons. The lowest BCUT2D eigenvalue weighted by atomic mass is 9.98. The van der Waals surface area contributed by atoms with Crippen molar-refractivity contribution in [1.29, 1.82) is 0 Å². The van der Waals surface area contributed by atoms with Crippen LogP contribution in [0.5, 0.6) is 0 Å². The summed E-state index contributed by atoms with van der Waals surface area (Å²) >= 11 is 0. The summed E-state index contributed by atoms with van der Waals surface area (Å²) in [6.07, 6.45) is 0.459. The number of carboxylic acids is 1. The van der Waals surface area contributed by atoms with Crippen LogP contribution in [0.25, 0.3) is 11.4 Å². The highest BCUT2D eigenvalue weighted by Crippen LogP contribution is 2.21. The third kappa shape index (κ3) is 3.45. The monoisotopic (exact) mass is 284 g/mol. The maximum absolute atomic E-state index is 11.0. The van der Waals surface area contributed by atoms with E-state index in [0.29, 0.717) is 12.2 Å². The molecule has 4 nitrogen and oxygen atoms in total. The zero-order valence-electron chi connectivity index (χ0n) is 12.8. The van der Waals surface area contributed by atoms with Crippen LogP contribution in [0.4, 0.5) is 0 Å². The van der Waals surface area contributed by atoms with Crippen LogP contribution in [0.1, 0.15) is 29.4 Å². The Labute approximate surface area is 124 Å². The fourth-order valence-corrected chi connectivity index (χ4v) is 2.34. The van der Waals surface area contributed by atoms with Gasteiger partial charge in [0.15, 0.2) is 5.82 Å². The van der Waals surface area contributed by atoms with Crippen LogP contribution in [0.3, 0.4) is 0 Å². The van der Waals surface area contributed by atoms with E-state index in [4.69, 9.17) is 5.11 Å². The molecule has 0 amide bonds. The number of nitrogens with zero attached hydrogens (tertiary/aromatic N) is 2. The van der Waals surface area contributed by atoms with Gasteiger partial charge >= 0.3 is 5.97 Å². The molecule has 0 aliphatic rings. The Morgan fingerprint density at radius 3 is 2.33 bits per heavy atom. The van der Waals surface area contributed by atoms with Crippen LogP contribution in [0.15, 0.2) is 24.3 Å². The molecule has 0 saturated heterocycles. The Kier molecular flexibility index (Phi) is 4.36. The summed E-state index contributed by atoms with van der Waals surface area (Å²) in [6.45, 7) is 7.57. The summed E-state index contributed by atoms with van der Waals surface area (Å²) in [5.74, 6) is -0.534. The Morgan fingerprint density at radius 2 is 1.81 bits per heavy atom. The quantitative estimate of drug-likeness (QED) is 0.935. The molecule has 1 N–H and O–H groups in total. The van der Waals surface area contributed by atoms with Crippen LogP contribution >= 0.6 is 0 Å². The van der Waals surface area contributed by atoms with Crippen molar-refractivity contribution < 1.29 is 9.90 Å². The highest BCUT2D eigenvalue weighted by molar-refractivity contribution is 5.70. The number of rotatable bonds is 4. The number of benzene rings is 1. The van der Waals surface area contributed by atoms with Gasteiger partial charge in [0.2, 0.25) is 0 Å². The van der Waals surface area contributed by atoms with E-state index in [-0.39, 0.29) is 0 Å². The van der Waals surface area contributed by atoms with Crippen LogP contribution in [-0.4, -0.2) is 21.0 Å². The van der Waals surface area contributed by atoms with Crippen molar-refractivity contribution in [3.63, 3.8) is 0 Å². The lowest BCUT2D eigenvalue weighted by molar-refractivity contribution is -0.141. The summed E-state index contributed by atoms with van der Waals surface area (Å²) in [5, 5.41) is 9.05. The molecule has 0 aliphatic carbocycles. The molecule has 1 unspecified atom stereocenters. The van der Waals surface area contributed by atoms with Gasteiger partial charge < -0.3 is 5.11 Å². The van der Waals surface area contributed by atoms with E-state index >= 15 is 0 Å². The average Bonchev–Trinajstić information content (AvgIpc) is 2.42. The average molecular weight is 284 g/mol. The number of hydrogen-bond acceptors (Lipinski definition) is 3. The van der Waals surface area contributed by atoms with Crippen molar-refractivity contribution in [3.05, 3.63) is 46.8 Å². The van der Waals surface area contributed by atoms with Crippen molar-refractivity contribution in [3.8, 4) is 11.4 Å². The molecule has 21 heavy (non-hydrogen) atoms. The Bertz CT molecular complexity index is 657. The highest BCUT2D eigenvalue weighted by Gasteiger charge is 2.17. The first-order valence-electron chi connectivity index (χ1n) is 7.02. The fraction of sp³-hybridized carbons (Fsp3) is 0.353. The minimum atomic E-state index is -0.795. The first-order valence-corrected chi connectivity index (χ1v) is 7.02. The Balaban J connectivity index is 2.39. The third-order valence-electron chi connectivity index (χ3n) is 3.63. The molecule has 2 rings (SSSR count). The maximum atomic E-state index is 11.0. The summed E-state index contributed by atoms with van der Waals surface area (Å²) in [6, 6.07) is 8.06. The molecular weight excluding hydrogens is 264 g/mol. The van der Waals surface area contributed by atoms with Crippen molar-refractivity contribution in [1.82, 2.24) is 9.97 Å². The zero-order valence-corrected chi connectivity index (χ0v) is 12.8. The van der Waals surface area contributed by atoms with E-state index in [1.807, 2.05) is 45.0 Å². The van der Waals surface area contributed by atoms with Gasteiger partial charge in [0.1, 0.15) is 0 Å². The maximum Gasteiger partial charge on any atom is 0.306 e. The molecule has 1 aromatic heterocycles. The molecule has 110 valence electrons. The molecular formula is C17H20N2O2. The van der Waals surface area contributed by atoms with Crippen LogP contribution in [-0.2, 0) is 11.2 Å². The van der Waals surface area contributed by atoms with E-state index in [1.165, 1.54) is 0 Å². The van der Waals surface area contributed by atoms with Crippen LogP contribution in [0.2, 0.25) is 0 Å². The lowest BCUT2D eigenvalue weighted by Gasteiger charge is -2.13. The number of carboxylic acid groups (broad SMARTS) is 1. The van der Waals surface area contributed by atoms with E-state index in [1.54, 1.807) is 6.92 Å². The minimum Gasteiger partial charge on any atom is -0.481 e. The molecule has 4 heteroatoms. The van der Waals surface area contributed by atoms with Gasteiger partial charge in [-0.05, 0) is 38.8 Å². The van der Waals surface area contributed by atoms with E-state index in [9.17, 15) is 4.79 Å². The predicted molar refractivity (Wildman–Crippen MR) is 82.2 cm³/mol. The van der Waals surface area contributed by atoms with Gasteiger partial charge in [-0.15, -0.1) is 0 Å². The molecule has 0 fully saturated rings. The first-order chi connectivity index (χ1) is 9.88. The lowest BCUT2D eigenvalue weighted by Crippen LogP contribution is -2.15. The third-order valence-corrected chi connectivity index (χ3v) is 3.63. The van der Waals surface area contributed by atoms with Gasteiger partial charge in [0.05, 0.1) is 5.92 Å². The van der Waals surface area contributed by atoms with E-state index in [0.717, 1.165) is 28.1 Å². The van der Waals surface area contributed by atoms with Crippen molar-refractivity contribution in [2.75, 3.05) is 0 Å². The molecule has 1 aromatic carbocycles. The van der Waals surface area contributed by atoms with Crippen molar-refractivity contribution in [2.24, 2.45) is 5.92 Å². The standard InChI is InChI=1S/C17H20N2O2/c1-10-6-5-7-14(8-10)16-18-12(3)15(13(4)19-16)9-11(2)17(20)21/h5-8,11H,9H2,1-4H3,(H,20,21). The second-order valence-electron chi connectivity index (χ2n) is 5.51. The van der Waals surface area contributed by atoms with Gasteiger partial charge in [-0.1, -0.05) is 30.7 Å². The number of hydrogen-bond donors (Lipinski definition) is 1. The Hall–Kier alpha value is -2.23. The van der Waals surface area contributed by atoms with Gasteiger partial charge in [0, 0.05) is 17.0 Å². The fourth-order valence-electron chi connectivity index (χ4n) is 2.34. The normalized spacial score (nSPS) is 12.2. The second kappa shape index (κ2) is 6.04. The predicted octanol–water partition coefficient (Wildman–Crippen LogP) is 3.33.